The van der Waals surface area contributed by atoms with Gasteiger partial charge in [-0.1, -0.05) is 24.3 Å². The van der Waals surface area contributed by atoms with Gasteiger partial charge in [0.1, 0.15) is 0 Å². The second kappa shape index (κ2) is 5.29. The van der Waals surface area contributed by atoms with E-state index >= 15 is 0 Å². The second-order valence-corrected chi connectivity index (χ2v) is 4.80. The third kappa shape index (κ3) is 2.83. The van der Waals surface area contributed by atoms with Crippen LogP contribution in [0.1, 0.15) is 10.4 Å². The predicted octanol–water partition coefficient (Wildman–Crippen LogP) is 2.56. The van der Waals surface area contributed by atoms with Crippen molar-refractivity contribution in [2.75, 3.05) is 0 Å². The Morgan fingerprint density at radius 2 is 1.41 bits per heavy atom. The van der Waals surface area contributed by atoms with Gasteiger partial charge >= 0.3 is 0 Å². The highest BCUT2D eigenvalue weighted by atomic mass is 127. The first kappa shape index (κ1) is 12.1. The molecule has 0 unspecified atom stereocenters. The zero-order chi connectivity index (χ0) is 12.3. The average Bonchev–Trinajstić information content (AvgIpc) is 2.39. The number of hydrogen-bond donors (Lipinski definition) is 2. The minimum absolute atomic E-state index is 0.279. The van der Waals surface area contributed by atoms with Crippen LogP contribution in [-0.2, 0) is 0 Å². The Labute approximate surface area is 113 Å². The molecule has 0 saturated carbocycles. The number of nitrogens with two attached hydrogens (primary N) is 1. The monoisotopic (exact) mass is 338 g/mol. The van der Waals surface area contributed by atoms with Crippen LogP contribution in [0.2, 0.25) is 0 Å². The molecule has 0 heterocycles. The van der Waals surface area contributed by atoms with E-state index in [1.165, 1.54) is 3.57 Å². The first-order valence-corrected chi connectivity index (χ1v) is 6.15. The van der Waals surface area contributed by atoms with Crippen LogP contribution in [0.3, 0.4) is 0 Å². The molecule has 0 aliphatic heterocycles. The van der Waals surface area contributed by atoms with E-state index in [-0.39, 0.29) is 5.91 Å². The Balaban J connectivity index is 2.29. The molecule has 0 aromatic heterocycles. The van der Waals surface area contributed by atoms with E-state index in [1.54, 1.807) is 12.1 Å². The number of halogens is 1. The van der Waals surface area contributed by atoms with Crippen LogP contribution < -0.4 is 11.3 Å². The normalized spacial score (nSPS) is 10.0. The summed E-state index contributed by atoms with van der Waals surface area (Å²) in [6.07, 6.45) is 0. The van der Waals surface area contributed by atoms with Crippen molar-refractivity contribution in [3.8, 4) is 11.1 Å². The van der Waals surface area contributed by atoms with Gasteiger partial charge in [-0.2, -0.15) is 0 Å². The largest absolute Gasteiger partial charge is 0.290 e. The summed E-state index contributed by atoms with van der Waals surface area (Å²) in [6, 6.07) is 15.6. The number of carbonyl (C=O) groups excluding carboxylic acids is 1. The lowest BCUT2D eigenvalue weighted by Gasteiger charge is -2.03. The molecule has 2 aromatic carbocycles. The molecule has 2 rings (SSSR count). The minimum atomic E-state index is -0.279. The molecule has 0 aliphatic carbocycles. The SMILES string of the molecule is NNC(=O)c1ccc(-c2ccc(I)cc2)cc1. The van der Waals surface area contributed by atoms with Crippen molar-refractivity contribution in [3.05, 3.63) is 57.7 Å². The quantitative estimate of drug-likeness (QED) is 0.383. The van der Waals surface area contributed by atoms with Gasteiger partial charge in [-0.15, -0.1) is 0 Å². The Hall–Kier alpha value is -1.40. The summed E-state index contributed by atoms with van der Waals surface area (Å²) >= 11 is 2.27. The molecule has 0 fully saturated rings. The van der Waals surface area contributed by atoms with Crippen LogP contribution >= 0.6 is 22.6 Å². The number of nitrogens with one attached hydrogen (secondary N) is 1. The Morgan fingerprint density at radius 3 is 1.88 bits per heavy atom. The lowest BCUT2D eigenvalue weighted by molar-refractivity contribution is 0.0953. The third-order valence-corrected chi connectivity index (χ3v) is 3.17. The van der Waals surface area contributed by atoms with Crippen molar-refractivity contribution in [1.29, 1.82) is 0 Å². The zero-order valence-corrected chi connectivity index (χ0v) is 11.1. The molecule has 4 heteroatoms. The van der Waals surface area contributed by atoms with Gasteiger partial charge in [0, 0.05) is 9.13 Å². The van der Waals surface area contributed by atoms with E-state index in [4.69, 9.17) is 5.84 Å². The molecule has 86 valence electrons. The lowest BCUT2D eigenvalue weighted by atomic mass is 10.0. The topological polar surface area (TPSA) is 55.1 Å². The summed E-state index contributed by atoms with van der Waals surface area (Å²) in [5.41, 5.74) is 4.87. The van der Waals surface area contributed by atoms with Crippen molar-refractivity contribution >= 4 is 28.5 Å². The summed E-state index contributed by atoms with van der Waals surface area (Å²) < 4.78 is 1.20. The molecule has 0 bridgehead atoms. The second-order valence-electron chi connectivity index (χ2n) is 3.56. The van der Waals surface area contributed by atoms with Crippen molar-refractivity contribution < 1.29 is 4.79 Å². The molecule has 0 spiro atoms. The van der Waals surface area contributed by atoms with E-state index in [9.17, 15) is 4.79 Å². The number of rotatable bonds is 2. The van der Waals surface area contributed by atoms with Crippen LogP contribution in [0.5, 0.6) is 0 Å². The summed E-state index contributed by atoms with van der Waals surface area (Å²) in [5.74, 6) is 4.79. The van der Waals surface area contributed by atoms with Gasteiger partial charge in [-0.3, -0.25) is 10.2 Å². The van der Waals surface area contributed by atoms with Crippen molar-refractivity contribution in [1.82, 2.24) is 5.43 Å². The van der Waals surface area contributed by atoms with E-state index in [0.717, 1.165) is 11.1 Å². The molecule has 1 amide bonds. The van der Waals surface area contributed by atoms with Gasteiger partial charge in [0.05, 0.1) is 0 Å². The molecule has 3 N–H and O–H groups in total. The molecular weight excluding hydrogens is 327 g/mol. The molecule has 0 radical (unpaired) electrons. The summed E-state index contributed by atoms with van der Waals surface area (Å²) in [5, 5.41) is 0. The van der Waals surface area contributed by atoms with Gasteiger partial charge in [-0.05, 0) is 58.0 Å². The van der Waals surface area contributed by atoms with Gasteiger partial charge in [0.15, 0.2) is 0 Å². The predicted molar refractivity (Wildman–Crippen MR) is 76.2 cm³/mol. The average molecular weight is 338 g/mol. The van der Waals surface area contributed by atoms with Gasteiger partial charge in [0.25, 0.3) is 5.91 Å². The smallest absolute Gasteiger partial charge is 0.265 e. The standard InChI is InChI=1S/C13H11IN2O/c14-12-7-5-10(6-8-12)9-1-3-11(4-2-9)13(17)16-15/h1-8H,15H2,(H,16,17). The fourth-order valence-corrected chi connectivity index (χ4v) is 1.90. The van der Waals surface area contributed by atoms with E-state index < -0.39 is 0 Å². The summed E-state index contributed by atoms with van der Waals surface area (Å²) in [4.78, 5) is 11.3. The molecule has 3 nitrogen and oxygen atoms in total. The maximum atomic E-state index is 11.3. The van der Waals surface area contributed by atoms with E-state index in [2.05, 4.69) is 52.3 Å². The van der Waals surface area contributed by atoms with Crippen molar-refractivity contribution in [3.63, 3.8) is 0 Å². The van der Waals surface area contributed by atoms with Crippen LogP contribution in [0.15, 0.2) is 48.5 Å². The van der Waals surface area contributed by atoms with E-state index in [0.29, 0.717) is 5.56 Å². The van der Waals surface area contributed by atoms with Crippen LogP contribution in [-0.4, -0.2) is 5.91 Å². The van der Waals surface area contributed by atoms with E-state index in [1.807, 2.05) is 12.1 Å². The maximum absolute atomic E-state index is 11.3. The molecule has 0 aliphatic rings. The van der Waals surface area contributed by atoms with Crippen molar-refractivity contribution in [2.24, 2.45) is 5.84 Å². The molecule has 2 aromatic rings. The lowest BCUT2D eigenvalue weighted by Crippen LogP contribution is -2.29. The van der Waals surface area contributed by atoms with Gasteiger partial charge in [-0.25, -0.2) is 5.84 Å². The molecule has 0 atom stereocenters. The minimum Gasteiger partial charge on any atom is -0.290 e. The molecular formula is C13H11IN2O. The Morgan fingerprint density at radius 1 is 0.941 bits per heavy atom. The summed E-state index contributed by atoms with van der Waals surface area (Å²) in [7, 11) is 0. The number of amides is 1. The highest BCUT2D eigenvalue weighted by molar-refractivity contribution is 14.1. The molecule has 17 heavy (non-hydrogen) atoms. The Kier molecular flexibility index (Phi) is 3.75. The first-order chi connectivity index (χ1) is 8.20. The number of benzene rings is 2. The maximum Gasteiger partial charge on any atom is 0.265 e. The van der Waals surface area contributed by atoms with Gasteiger partial charge < -0.3 is 0 Å². The number of hydrogen-bond acceptors (Lipinski definition) is 2. The number of hydrazine groups is 1. The van der Waals surface area contributed by atoms with Crippen LogP contribution in [0.25, 0.3) is 11.1 Å². The number of carbonyl (C=O) groups is 1. The highest BCUT2D eigenvalue weighted by Gasteiger charge is 2.03. The third-order valence-electron chi connectivity index (χ3n) is 2.46. The first-order valence-electron chi connectivity index (χ1n) is 5.07. The highest BCUT2D eigenvalue weighted by Crippen LogP contribution is 2.20. The Bertz CT molecular complexity index is 520. The summed E-state index contributed by atoms with van der Waals surface area (Å²) in [6.45, 7) is 0. The van der Waals surface area contributed by atoms with Crippen LogP contribution in [0, 0.1) is 3.57 Å². The fraction of sp³-hybridized carbons (Fsp3) is 0. The fourth-order valence-electron chi connectivity index (χ4n) is 1.54. The number of nitrogen functional groups attached to an aromatic ring is 1. The van der Waals surface area contributed by atoms with Gasteiger partial charge in [0.2, 0.25) is 0 Å². The van der Waals surface area contributed by atoms with Crippen LogP contribution in [0.4, 0.5) is 0 Å². The zero-order valence-electron chi connectivity index (χ0n) is 8.98. The van der Waals surface area contributed by atoms with Crippen molar-refractivity contribution in [2.45, 2.75) is 0 Å². The molecule has 0 saturated heterocycles.